The first kappa shape index (κ1) is 12.4. The largest absolute Gasteiger partial charge is 0.394 e. The Morgan fingerprint density at radius 1 is 1.58 bits per heavy atom. The minimum absolute atomic E-state index is 0.00361. The number of carbonyl (C=O) groups excluding carboxylic acids is 1. The fourth-order valence-electron chi connectivity index (χ4n) is 2.97. The zero-order valence-electron chi connectivity index (χ0n) is 11.2. The van der Waals surface area contributed by atoms with Gasteiger partial charge in [0.25, 0.3) is 0 Å². The highest BCUT2D eigenvalue weighted by atomic mass is 16.3. The van der Waals surface area contributed by atoms with Gasteiger partial charge in [-0.15, -0.1) is 0 Å². The Hall–Kier alpha value is -1.62. The van der Waals surface area contributed by atoms with E-state index in [1.165, 1.54) is 0 Å². The van der Waals surface area contributed by atoms with Gasteiger partial charge in [-0.05, 0) is 19.3 Å². The van der Waals surface area contributed by atoms with Crippen LogP contribution >= 0.6 is 0 Å². The van der Waals surface area contributed by atoms with E-state index in [-0.39, 0.29) is 18.6 Å². The molecule has 0 radical (unpaired) electrons. The summed E-state index contributed by atoms with van der Waals surface area (Å²) in [5.74, 6) is 0.0767. The van der Waals surface area contributed by atoms with E-state index in [4.69, 9.17) is 0 Å². The van der Waals surface area contributed by atoms with Gasteiger partial charge in [0.1, 0.15) is 0 Å². The van der Waals surface area contributed by atoms with Crippen LogP contribution in [-0.4, -0.2) is 38.1 Å². The first-order chi connectivity index (χ1) is 9.20. The van der Waals surface area contributed by atoms with E-state index >= 15 is 0 Å². The van der Waals surface area contributed by atoms with Gasteiger partial charge < -0.3 is 14.6 Å². The monoisotopic (exact) mass is 261 g/mol. The Bertz CT molecular complexity index is 533. The van der Waals surface area contributed by atoms with Crippen LogP contribution in [0, 0.1) is 0 Å². The number of aromatic nitrogens is 2. The number of hydrogen-bond donors (Lipinski definition) is 1. The third-order valence-electron chi connectivity index (χ3n) is 4.12. The molecule has 19 heavy (non-hydrogen) atoms. The molecule has 1 amide bonds. The fourth-order valence-corrected chi connectivity index (χ4v) is 2.97. The lowest BCUT2D eigenvalue weighted by Crippen LogP contribution is -2.47. The molecule has 0 spiro atoms. The standard InChI is InChI=1S/C14H19N3O2/c1-16-9-15-12-7-17(11(8-18)6-13(12)16)14(19)10-4-2-3-5-10/h4,9,11,18H,2-3,5-8H2,1H3/t11-/m1/s1. The van der Waals surface area contributed by atoms with Gasteiger partial charge in [0.15, 0.2) is 0 Å². The van der Waals surface area contributed by atoms with Crippen LogP contribution in [0.2, 0.25) is 0 Å². The van der Waals surface area contributed by atoms with E-state index in [0.717, 1.165) is 36.2 Å². The van der Waals surface area contributed by atoms with Crippen molar-refractivity contribution in [3.63, 3.8) is 0 Å². The van der Waals surface area contributed by atoms with Crippen LogP contribution in [0.15, 0.2) is 18.0 Å². The average molecular weight is 261 g/mol. The molecule has 0 aromatic carbocycles. The van der Waals surface area contributed by atoms with E-state index in [9.17, 15) is 9.90 Å². The zero-order chi connectivity index (χ0) is 13.4. The van der Waals surface area contributed by atoms with Gasteiger partial charge in [-0.25, -0.2) is 4.98 Å². The van der Waals surface area contributed by atoms with E-state index in [1.54, 1.807) is 11.2 Å². The van der Waals surface area contributed by atoms with Crippen molar-refractivity contribution < 1.29 is 9.90 Å². The van der Waals surface area contributed by atoms with Gasteiger partial charge in [-0.3, -0.25) is 4.79 Å². The molecule has 1 aliphatic heterocycles. The highest BCUT2D eigenvalue weighted by Crippen LogP contribution is 2.26. The van der Waals surface area contributed by atoms with Gasteiger partial charge in [0.05, 0.1) is 31.2 Å². The summed E-state index contributed by atoms with van der Waals surface area (Å²) in [4.78, 5) is 18.6. The number of imidazole rings is 1. The van der Waals surface area contributed by atoms with Gasteiger partial charge in [-0.1, -0.05) is 6.08 Å². The van der Waals surface area contributed by atoms with Gasteiger partial charge >= 0.3 is 0 Å². The van der Waals surface area contributed by atoms with Crippen LogP contribution in [0.25, 0.3) is 0 Å². The lowest BCUT2D eigenvalue weighted by atomic mass is 10.0. The highest BCUT2D eigenvalue weighted by Gasteiger charge is 2.33. The Labute approximate surface area is 112 Å². The van der Waals surface area contributed by atoms with E-state index in [0.29, 0.717) is 13.0 Å². The van der Waals surface area contributed by atoms with Crippen molar-refractivity contribution >= 4 is 5.91 Å². The number of fused-ring (bicyclic) bond motifs is 1. The van der Waals surface area contributed by atoms with Crippen LogP contribution in [-0.2, 0) is 24.8 Å². The lowest BCUT2D eigenvalue weighted by molar-refractivity contribution is -0.131. The van der Waals surface area contributed by atoms with Crippen LogP contribution in [0.5, 0.6) is 0 Å². The molecule has 1 aliphatic carbocycles. The summed E-state index contributed by atoms with van der Waals surface area (Å²) < 4.78 is 1.98. The molecule has 2 aliphatic rings. The summed E-state index contributed by atoms with van der Waals surface area (Å²) in [5, 5.41) is 9.56. The van der Waals surface area contributed by atoms with Gasteiger partial charge in [0, 0.05) is 24.7 Å². The maximum absolute atomic E-state index is 12.5. The number of carbonyl (C=O) groups is 1. The predicted octanol–water partition coefficient (Wildman–Crippen LogP) is 0.776. The summed E-state index contributed by atoms with van der Waals surface area (Å²) in [6, 6.07) is -0.128. The summed E-state index contributed by atoms with van der Waals surface area (Å²) in [6.07, 6.45) is 7.41. The Morgan fingerprint density at radius 3 is 3.11 bits per heavy atom. The van der Waals surface area contributed by atoms with Crippen LogP contribution in [0.3, 0.4) is 0 Å². The lowest BCUT2D eigenvalue weighted by Gasteiger charge is -2.34. The molecule has 1 aromatic heterocycles. The third-order valence-corrected chi connectivity index (χ3v) is 4.12. The van der Waals surface area contributed by atoms with Crippen LogP contribution < -0.4 is 0 Å². The smallest absolute Gasteiger partial charge is 0.250 e. The fraction of sp³-hybridized carbons (Fsp3) is 0.571. The SMILES string of the molecule is Cn1cnc2c1C[C@H](CO)N(C(=O)C1=CCCC1)C2. The number of aliphatic hydroxyl groups is 1. The van der Waals surface area contributed by atoms with Crippen molar-refractivity contribution in [2.75, 3.05) is 6.61 Å². The molecule has 1 aromatic rings. The molecule has 0 unspecified atom stereocenters. The van der Waals surface area contributed by atoms with E-state index < -0.39 is 0 Å². The minimum Gasteiger partial charge on any atom is -0.394 e. The Balaban J connectivity index is 1.87. The normalized spacial score (nSPS) is 22.3. The van der Waals surface area contributed by atoms with Crippen molar-refractivity contribution in [3.8, 4) is 0 Å². The molecule has 5 nitrogen and oxygen atoms in total. The molecule has 2 heterocycles. The highest BCUT2D eigenvalue weighted by molar-refractivity contribution is 5.94. The van der Waals surface area contributed by atoms with Crippen LogP contribution in [0.4, 0.5) is 0 Å². The summed E-state index contributed by atoms with van der Waals surface area (Å²) in [7, 11) is 1.96. The molecule has 3 rings (SSSR count). The zero-order valence-corrected chi connectivity index (χ0v) is 11.2. The molecule has 1 atom stereocenters. The quantitative estimate of drug-likeness (QED) is 0.855. The molecule has 0 fully saturated rings. The van der Waals surface area contributed by atoms with Crippen molar-refractivity contribution in [2.45, 2.75) is 38.3 Å². The molecule has 0 saturated heterocycles. The number of aryl methyl sites for hydroxylation is 1. The first-order valence-corrected chi connectivity index (χ1v) is 6.80. The summed E-state index contributed by atoms with van der Waals surface area (Å²) in [6.45, 7) is 0.515. The molecular formula is C14H19N3O2. The van der Waals surface area contributed by atoms with E-state index in [1.807, 2.05) is 17.7 Å². The number of hydrogen-bond acceptors (Lipinski definition) is 3. The molecular weight excluding hydrogens is 242 g/mol. The van der Waals surface area contributed by atoms with Crippen molar-refractivity contribution in [1.29, 1.82) is 0 Å². The summed E-state index contributed by atoms with van der Waals surface area (Å²) >= 11 is 0. The van der Waals surface area contributed by atoms with Crippen molar-refractivity contribution in [2.24, 2.45) is 7.05 Å². The van der Waals surface area contributed by atoms with Gasteiger partial charge in [0.2, 0.25) is 5.91 Å². The first-order valence-electron chi connectivity index (χ1n) is 6.80. The Morgan fingerprint density at radius 2 is 2.42 bits per heavy atom. The topological polar surface area (TPSA) is 58.4 Å². The molecule has 0 bridgehead atoms. The third kappa shape index (κ3) is 2.08. The molecule has 5 heteroatoms. The van der Waals surface area contributed by atoms with Crippen molar-refractivity contribution in [3.05, 3.63) is 29.4 Å². The Kier molecular flexibility index (Phi) is 3.14. The average Bonchev–Trinajstić information content (AvgIpc) is 3.07. The maximum Gasteiger partial charge on any atom is 0.250 e. The number of allylic oxidation sites excluding steroid dienone is 1. The van der Waals surface area contributed by atoms with E-state index in [2.05, 4.69) is 4.98 Å². The maximum atomic E-state index is 12.5. The molecule has 1 N–H and O–H groups in total. The minimum atomic E-state index is -0.128. The number of aliphatic hydroxyl groups excluding tert-OH is 1. The second kappa shape index (κ2) is 4.81. The second-order valence-corrected chi connectivity index (χ2v) is 5.34. The summed E-state index contributed by atoms with van der Waals surface area (Å²) in [5.41, 5.74) is 2.99. The number of amides is 1. The predicted molar refractivity (Wildman–Crippen MR) is 70.3 cm³/mol. The van der Waals surface area contributed by atoms with Gasteiger partial charge in [-0.2, -0.15) is 0 Å². The second-order valence-electron chi connectivity index (χ2n) is 5.34. The molecule has 0 saturated carbocycles. The van der Waals surface area contributed by atoms with Crippen molar-refractivity contribution in [1.82, 2.24) is 14.5 Å². The van der Waals surface area contributed by atoms with Crippen LogP contribution in [0.1, 0.15) is 30.7 Å². The molecule has 102 valence electrons. The number of nitrogens with zero attached hydrogens (tertiary/aromatic N) is 3. The number of rotatable bonds is 2.